The van der Waals surface area contributed by atoms with E-state index in [1.54, 1.807) is 17.3 Å². The Bertz CT molecular complexity index is 907. The summed E-state index contributed by atoms with van der Waals surface area (Å²) < 4.78 is 0. The Kier molecular flexibility index (Phi) is 5.81. The number of aromatic nitrogens is 2. The summed E-state index contributed by atoms with van der Waals surface area (Å²) in [6.45, 7) is 7.26. The van der Waals surface area contributed by atoms with Gasteiger partial charge in [0.1, 0.15) is 0 Å². The molecule has 1 amide bonds. The van der Waals surface area contributed by atoms with Gasteiger partial charge < -0.3 is 10.2 Å². The maximum absolute atomic E-state index is 12.8. The molecule has 0 radical (unpaired) electrons. The Labute approximate surface area is 160 Å². The van der Waals surface area contributed by atoms with Gasteiger partial charge in [-0.2, -0.15) is 0 Å². The van der Waals surface area contributed by atoms with Crippen molar-refractivity contribution < 1.29 is 4.79 Å². The second-order valence-electron chi connectivity index (χ2n) is 6.54. The first-order valence-electron chi connectivity index (χ1n) is 9.06. The fourth-order valence-corrected chi connectivity index (χ4v) is 2.89. The fourth-order valence-electron chi connectivity index (χ4n) is 2.89. The molecule has 0 atom stereocenters. The van der Waals surface area contributed by atoms with E-state index < -0.39 is 0 Å². The lowest BCUT2D eigenvalue weighted by molar-refractivity contribution is 0.0752. The second kappa shape index (κ2) is 8.45. The number of hydrogen-bond acceptors (Lipinski definition) is 4. The number of rotatable bonds is 6. The van der Waals surface area contributed by atoms with Gasteiger partial charge in [-0.1, -0.05) is 48.0 Å². The average molecular weight is 360 g/mol. The molecule has 0 spiro atoms. The lowest BCUT2D eigenvalue weighted by Crippen LogP contribution is -2.30. The van der Waals surface area contributed by atoms with Gasteiger partial charge in [-0.25, -0.2) is 9.97 Å². The standard InChI is InChI=1S/C22H24N4O/c1-4-26(15-18-8-6-5-7-9-18)21(27)19-13-23-22(24-14-19)25-20-11-10-16(2)12-17(20)3/h5-14H,4,15H2,1-3H3,(H,23,24,25). The molecule has 0 aliphatic heterocycles. The highest BCUT2D eigenvalue weighted by Gasteiger charge is 2.15. The number of nitrogens with zero attached hydrogens (tertiary/aromatic N) is 3. The SMILES string of the molecule is CCN(Cc1ccccc1)C(=O)c1cnc(Nc2ccc(C)cc2C)nc1. The predicted molar refractivity (Wildman–Crippen MR) is 108 cm³/mol. The van der Waals surface area contributed by atoms with Crippen LogP contribution in [0.5, 0.6) is 0 Å². The number of carbonyl (C=O) groups is 1. The van der Waals surface area contributed by atoms with Crippen molar-refractivity contribution in [1.82, 2.24) is 14.9 Å². The molecule has 1 heterocycles. The number of benzene rings is 2. The highest BCUT2D eigenvalue weighted by Crippen LogP contribution is 2.19. The lowest BCUT2D eigenvalue weighted by Gasteiger charge is -2.21. The third kappa shape index (κ3) is 4.70. The second-order valence-corrected chi connectivity index (χ2v) is 6.54. The van der Waals surface area contributed by atoms with E-state index in [0.29, 0.717) is 24.6 Å². The first-order valence-corrected chi connectivity index (χ1v) is 9.06. The van der Waals surface area contributed by atoms with E-state index in [9.17, 15) is 4.79 Å². The highest BCUT2D eigenvalue weighted by molar-refractivity contribution is 5.93. The third-order valence-electron chi connectivity index (χ3n) is 4.41. The Morgan fingerprint density at radius 1 is 1.04 bits per heavy atom. The maximum Gasteiger partial charge on any atom is 0.257 e. The number of nitrogens with one attached hydrogen (secondary N) is 1. The molecule has 138 valence electrons. The van der Waals surface area contributed by atoms with E-state index in [1.165, 1.54) is 5.56 Å². The molecule has 0 bridgehead atoms. The number of aryl methyl sites for hydroxylation is 2. The van der Waals surface area contributed by atoms with Gasteiger partial charge in [0, 0.05) is 31.2 Å². The molecule has 0 unspecified atom stereocenters. The minimum Gasteiger partial charge on any atom is -0.335 e. The molecule has 5 heteroatoms. The Hall–Kier alpha value is -3.21. The van der Waals surface area contributed by atoms with E-state index >= 15 is 0 Å². The van der Waals surface area contributed by atoms with Crippen LogP contribution >= 0.6 is 0 Å². The van der Waals surface area contributed by atoms with Crippen LogP contribution in [-0.4, -0.2) is 27.3 Å². The lowest BCUT2D eigenvalue weighted by atomic mass is 10.1. The van der Waals surface area contributed by atoms with Gasteiger partial charge in [0.05, 0.1) is 5.56 Å². The summed E-state index contributed by atoms with van der Waals surface area (Å²) in [4.78, 5) is 23.2. The Morgan fingerprint density at radius 2 is 1.74 bits per heavy atom. The van der Waals surface area contributed by atoms with Crippen LogP contribution in [0.4, 0.5) is 11.6 Å². The molecule has 0 fully saturated rings. The molecular formula is C22H24N4O. The van der Waals surface area contributed by atoms with Crippen LogP contribution in [0.3, 0.4) is 0 Å². The zero-order valence-corrected chi connectivity index (χ0v) is 15.9. The van der Waals surface area contributed by atoms with Crippen molar-refractivity contribution >= 4 is 17.5 Å². The van der Waals surface area contributed by atoms with Crippen LogP contribution in [0.25, 0.3) is 0 Å². The third-order valence-corrected chi connectivity index (χ3v) is 4.41. The Balaban J connectivity index is 1.70. The number of hydrogen-bond donors (Lipinski definition) is 1. The molecule has 0 aliphatic carbocycles. The number of anilines is 2. The van der Waals surface area contributed by atoms with Gasteiger partial charge in [0.2, 0.25) is 5.95 Å². The summed E-state index contributed by atoms with van der Waals surface area (Å²) in [6, 6.07) is 16.1. The molecule has 1 aromatic heterocycles. The van der Waals surface area contributed by atoms with Crippen LogP contribution in [-0.2, 0) is 6.54 Å². The van der Waals surface area contributed by atoms with E-state index in [0.717, 1.165) is 16.8 Å². The molecule has 5 nitrogen and oxygen atoms in total. The summed E-state index contributed by atoms with van der Waals surface area (Å²) >= 11 is 0. The zero-order chi connectivity index (χ0) is 19.2. The van der Waals surface area contributed by atoms with E-state index in [-0.39, 0.29) is 5.91 Å². The molecule has 3 rings (SSSR count). The van der Waals surface area contributed by atoms with Gasteiger partial charge in [-0.3, -0.25) is 4.79 Å². The largest absolute Gasteiger partial charge is 0.335 e. The van der Waals surface area contributed by atoms with Crippen LogP contribution in [0, 0.1) is 13.8 Å². The normalized spacial score (nSPS) is 10.5. The van der Waals surface area contributed by atoms with Crippen LogP contribution < -0.4 is 5.32 Å². The topological polar surface area (TPSA) is 58.1 Å². The van der Waals surface area contributed by atoms with Crippen molar-refractivity contribution in [2.24, 2.45) is 0 Å². The van der Waals surface area contributed by atoms with Crippen molar-refractivity contribution in [3.05, 3.63) is 83.2 Å². The molecule has 3 aromatic rings. The molecular weight excluding hydrogens is 336 g/mol. The van der Waals surface area contributed by atoms with E-state index in [1.807, 2.05) is 56.3 Å². The predicted octanol–water partition coefficient (Wildman–Crippen LogP) is 4.50. The van der Waals surface area contributed by atoms with Crippen molar-refractivity contribution in [3.8, 4) is 0 Å². The highest BCUT2D eigenvalue weighted by atomic mass is 16.2. The van der Waals surface area contributed by atoms with Gasteiger partial charge in [0.25, 0.3) is 5.91 Å². The quantitative estimate of drug-likeness (QED) is 0.703. The Morgan fingerprint density at radius 3 is 2.37 bits per heavy atom. The van der Waals surface area contributed by atoms with Crippen LogP contribution in [0.1, 0.15) is 34.0 Å². The van der Waals surface area contributed by atoms with Gasteiger partial charge in [0.15, 0.2) is 0 Å². The monoisotopic (exact) mass is 360 g/mol. The summed E-state index contributed by atoms with van der Waals surface area (Å²) in [5, 5.41) is 3.20. The molecule has 1 N–H and O–H groups in total. The summed E-state index contributed by atoms with van der Waals surface area (Å²) in [5.74, 6) is 0.407. The van der Waals surface area contributed by atoms with E-state index in [4.69, 9.17) is 0 Å². The van der Waals surface area contributed by atoms with Gasteiger partial charge in [-0.05, 0) is 38.0 Å². The van der Waals surface area contributed by atoms with Crippen molar-refractivity contribution in [2.75, 3.05) is 11.9 Å². The number of amides is 1. The number of carbonyl (C=O) groups excluding carboxylic acids is 1. The molecule has 27 heavy (non-hydrogen) atoms. The van der Waals surface area contributed by atoms with Crippen molar-refractivity contribution in [2.45, 2.75) is 27.3 Å². The van der Waals surface area contributed by atoms with Crippen molar-refractivity contribution in [1.29, 1.82) is 0 Å². The van der Waals surface area contributed by atoms with Gasteiger partial charge >= 0.3 is 0 Å². The maximum atomic E-state index is 12.8. The van der Waals surface area contributed by atoms with E-state index in [2.05, 4.69) is 28.3 Å². The minimum absolute atomic E-state index is 0.0700. The van der Waals surface area contributed by atoms with Gasteiger partial charge in [-0.15, -0.1) is 0 Å². The fraction of sp³-hybridized carbons (Fsp3) is 0.227. The molecule has 0 aliphatic rings. The first kappa shape index (κ1) is 18.6. The molecule has 0 saturated heterocycles. The smallest absolute Gasteiger partial charge is 0.257 e. The zero-order valence-electron chi connectivity index (χ0n) is 15.9. The average Bonchev–Trinajstić information content (AvgIpc) is 2.69. The summed E-state index contributed by atoms with van der Waals surface area (Å²) in [7, 11) is 0. The molecule has 2 aromatic carbocycles. The van der Waals surface area contributed by atoms with Crippen LogP contribution in [0.15, 0.2) is 60.9 Å². The van der Waals surface area contributed by atoms with Crippen LogP contribution in [0.2, 0.25) is 0 Å². The molecule has 0 saturated carbocycles. The first-order chi connectivity index (χ1) is 13.1. The minimum atomic E-state index is -0.0700. The summed E-state index contributed by atoms with van der Waals surface area (Å²) in [6.07, 6.45) is 3.16. The van der Waals surface area contributed by atoms with Crippen molar-refractivity contribution in [3.63, 3.8) is 0 Å². The summed E-state index contributed by atoms with van der Waals surface area (Å²) in [5.41, 5.74) is 4.87.